The van der Waals surface area contributed by atoms with Crippen LogP contribution in [0.25, 0.3) is 0 Å². The molecule has 4 heteroatoms. The van der Waals surface area contributed by atoms with Crippen LogP contribution in [0.2, 0.25) is 0 Å². The summed E-state index contributed by atoms with van der Waals surface area (Å²) in [5.74, 6) is 0. The van der Waals surface area contributed by atoms with Crippen LogP contribution >= 0.6 is 34.6 Å². The number of aldehydes is 1. The van der Waals surface area contributed by atoms with Crippen LogP contribution in [0.1, 0.15) is 31.1 Å². The highest BCUT2D eigenvalue weighted by Gasteiger charge is 2.26. The van der Waals surface area contributed by atoms with E-state index in [2.05, 4.69) is 114 Å². The Hall–Kier alpha value is -2.32. The predicted octanol–water partition coefficient (Wildman–Crippen LogP) is 7.77. The fourth-order valence-corrected chi connectivity index (χ4v) is 9.69. The molecule has 1 nitrogen and oxygen atoms in total. The molecule has 4 aromatic carbocycles. The first kappa shape index (κ1) is 27.9. The zero-order valence-electron chi connectivity index (χ0n) is 20.2. The van der Waals surface area contributed by atoms with Crippen molar-refractivity contribution in [2.24, 2.45) is 0 Å². The van der Waals surface area contributed by atoms with Gasteiger partial charge in [-0.05, 0) is 48.1 Å². The molecule has 0 aliphatic carbocycles. The number of carbonyl (C=O) groups is 1. The predicted molar refractivity (Wildman–Crippen MR) is 160 cm³/mol. The SMILES string of the molecule is CC.CC(Br)=P(c1ccccc1)(c1ccccc1)c1ccccc1.CSc1ccc(C=O)cc1. The fourth-order valence-electron chi connectivity index (χ4n) is 3.62. The highest BCUT2D eigenvalue weighted by atomic mass is 79.9. The van der Waals surface area contributed by atoms with Crippen LogP contribution in [0.15, 0.2) is 120 Å². The minimum atomic E-state index is -1.79. The first-order valence-corrected chi connectivity index (χ1v) is 15.1. The molecule has 0 spiro atoms. The lowest BCUT2D eigenvalue weighted by Crippen LogP contribution is -2.28. The van der Waals surface area contributed by atoms with Crippen molar-refractivity contribution in [3.8, 4) is 0 Å². The molecule has 0 heterocycles. The van der Waals surface area contributed by atoms with Gasteiger partial charge < -0.3 is 0 Å². The molecular weight excluding hydrogens is 519 g/mol. The van der Waals surface area contributed by atoms with Crippen molar-refractivity contribution in [1.29, 1.82) is 0 Å². The lowest BCUT2D eigenvalue weighted by atomic mass is 10.2. The Morgan fingerprint density at radius 3 is 1.29 bits per heavy atom. The van der Waals surface area contributed by atoms with E-state index in [-0.39, 0.29) is 0 Å². The quantitative estimate of drug-likeness (QED) is 0.143. The first-order valence-electron chi connectivity index (χ1n) is 11.3. The topological polar surface area (TPSA) is 17.1 Å². The lowest BCUT2D eigenvalue weighted by molar-refractivity contribution is 0.112. The van der Waals surface area contributed by atoms with E-state index in [4.69, 9.17) is 0 Å². The van der Waals surface area contributed by atoms with Gasteiger partial charge in [-0.3, -0.25) is 4.79 Å². The van der Waals surface area contributed by atoms with E-state index in [1.165, 1.54) is 25.0 Å². The van der Waals surface area contributed by atoms with Gasteiger partial charge in [-0.2, -0.15) is 0 Å². The normalized spacial score (nSPS) is 10.1. The van der Waals surface area contributed by atoms with Crippen molar-refractivity contribution >= 4 is 61.0 Å². The molecule has 0 aliphatic heterocycles. The van der Waals surface area contributed by atoms with Gasteiger partial charge in [0, 0.05) is 14.7 Å². The summed E-state index contributed by atoms with van der Waals surface area (Å²) in [4.78, 5) is 11.4. The second-order valence-corrected chi connectivity index (χ2v) is 13.3. The summed E-state index contributed by atoms with van der Waals surface area (Å²) in [5.41, 5.74) is 0.734. The number of carbonyl (C=O) groups excluding carboxylic acids is 1. The second kappa shape index (κ2) is 14.8. The summed E-state index contributed by atoms with van der Waals surface area (Å²) in [6.07, 6.45) is 2.86. The molecule has 0 amide bonds. The van der Waals surface area contributed by atoms with Crippen molar-refractivity contribution in [2.45, 2.75) is 25.7 Å². The van der Waals surface area contributed by atoms with Crippen molar-refractivity contribution in [1.82, 2.24) is 0 Å². The van der Waals surface area contributed by atoms with Crippen LogP contribution in [0.3, 0.4) is 0 Å². The van der Waals surface area contributed by atoms with E-state index >= 15 is 0 Å². The molecule has 176 valence electrons. The van der Waals surface area contributed by atoms with Gasteiger partial charge in [0.05, 0.1) is 0 Å². The van der Waals surface area contributed by atoms with Crippen LogP contribution in [0.4, 0.5) is 0 Å². The van der Waals surface area contributed by atoms with Gasteiger partial charge in [-0.25, -0.2) is 0 Å². The highest BCUT2D eigenvalue weighted by Crippen LogP contribution is 2.47. The Labute approximate surface area is 217 Å². The van der Waals surface area contributed by atoms with Crippen molar-refractivity contribution in [3.63, 3.8) is 0 Å². The number of thioether (sulfide) groups is 1. The third-order valence-corrected chi connectivity index (χ3v) is 11.6. The number of benzene rings is 4. The van der Waals surface area contributed by atoms with Gasteiger partial charge in [0.25, 0.3) is 0 Å². The van der Waals surface area contributed by atoms with Crippen LogP contribution in [-0.4, -0.2) is 16.7 Å². The van der Waals surface area contributed by atoms with Gasteiger partial charge in [0.1, 0.15) is 6.29 Å². The highest BCUT2D eigenvalue weighted by molar-refractivity contribution is 9.20. The van der Waals surface area contributed by atoms with E-state index in [9.17, 15) is 4.79 Å². The summed E-state index contributed by atoms with van der Waals surface area (Å²) >= 11 is 5.55. The van der Waals surface area contributed by atoms with E-state index in [1.54, 1.807) is 11.8 Å². The lowest BCUT2D eigenvalue weighted by Gasteiger charge is -2.30. The Morgan fingerprint density at radius 2 is 1.03 bits per heavy atom. The molecule has 34 heavy (non-hydrogen) atoms. The first-order chi connectivity index (χ1) is 16.6. The summed E-state index contributed by atoms with van der Waals surface area (Å²) in [6, 6.07) is 40.0. The van der Waals surface area contributed by atoms with Gasteiger partial charge in [-0.1, -0.05) is 133 Å². The Balaban J connectivity index is 0.000000286. The summed E-state index contributed by atoms with van der Waals surface area (Å²) in [7, 11) is 0. The number of rotatable bonds is 5. The zero-order valence-corrected chi connectivity index (χ0v) is 23.5. The third-order valence-electron chi connectivity index (χ3n) is 5.14. The van der Waals surface area contributed by atoms with E-state index in [0.717, 1.165) is 11.8 Å². The molecule has 0 fully saturated rings. The Kier molecular flexibility index (Phi) is 12.2. The number of hydrogen-bond donors (Lipinski definition) is 0. The standard InChI is InChI=1S/C20H18BrP.C8H8OS.C2H6/c1-17(21)22(18-11-5-2-6-12-18,19-13-7-3-8-14-19)20-15-9-4-10-16-20;1-10-8-4-2-7(6-9)3-5-8;1-2/h2-16H,1H3;2-6H,1H3;1-2H3. The van der Waals surface area contributed by atoms with Crippen LogP contribution in [0, 0.1) is 0 Å². The van der Waals surface area contributed by atoms with Crippen LogP contribution < -0.4 is 15.9 Å². The van der Waals surface area contributed by atoms with Gasteiger partial charge in [0.15, 0.2) is 0 Å². The fraction of sp³-hybridized carbons (Fsp3) is 0.133. The van der Waals surface area contributed by atoms with Crippen LogP contribution in [0.5, 0.6) is 0 Å². The molecule has 0 aromatic heterocycles. The largest absolute Gasteiger partial charge is 0.298 e. The number of halogens is 1. The van der Waals surface area contributed by atoms with Crippen molar-refractivity contribution in [2.75, 3.05) is 6.26 Å². The molecule has 0 aliphatic rings. The Morgan fingerprint density at radius 1 is 0.676 bits per heavy atom. The number of hydrogen-bond acceptors (Lipinski definition) is 2. The van der Waals surface area contributed by atoms with Crippen LogP contribution in [-0.2, 0) is 0 Å². The minimum Gasteiger partial charge on any atom is -0.298 e. The van der Waals surface area contributed by atoms with Gasteiger partial charge in [-0.15, -0.1) is 11.8 Å². The molecule has 4 aromatic rings. The van der Waals surface area contributed by atoms with E-state index in [0.29, 0.717) is 0 Å². The average Bonchev–Trinajstić information content (AvgIpc) is 2.92. The summed E-state index contributed by atoms with van der Waals surface area (Å²) in [6.45, 7) is 4.40. The maximum absolute atomic E-state index is 10.2. The molecule has 4 rings (SSSR count). The second-order valence-electron chi connectivity index (χ2n) is 7.07. The zero-order chi connectivity index (χ0) is 24.8. The molecule has 0 unspecified atom stereocenters. The van der Waals surface area contributed by atoms with Gasteiger partial charge in [0.2, 0.25) is 0 Å². The maximum Gasteiger partial charge on any atom is 0.150 e. The molecule has 0 bridgehead atoms. The van der Waals surface area contributed by atoms with E-state index in [1.807, 2.05) is 44.4 Å². The Bertz CT molecular complexity index is 1070. The van der Waals surface area contributed by atoms with Crippen molar-refractivity contribution in [3.05, 3.63) is 121 Å². The average molecular weight is 552 g/mol. The maximum atomic E-state index is 10.2. The molecule has 0 N–H and O–H groups in total. The summed E-state index contributed by atoms with van der Waals surface area (Å²) < 4.78 is 1.30. The summed E-state index contributed by atoms with van der Waals surface area (Å²) in [5, 5.41) is 4.13. The molecule has 0 atom stereocenters. The molecule has 0 saturated heterocycles. The van der Waals surface area contributed by atoms with Crippen molar-refractivity contribution < 1.29 is 4.79 Å². The van der Waals surface area contributed by atoms with Gasteiger partial charge >= 0.3 is 0 Å². The molecule has 0 radical (unpaired) electrons. The monoisotopic (exact) mass is 550 g/mol. The smallest absolute Gasteiger partial charge is 0.150 e. The molecular formula is C30H32BrOPS. The minimum absolute atomic E-state index is 0.734. The van der Waals surface area contributed by atoms with E-state index < -0.39 is 6.89 Å². The third kappa shape index (κ3) is 6.85. The molecule has 0 saturated carbocycles.